The highest BCUT2D eigenvalue weighted by molar-refractivity contribution is 5.98. The lowest BCUT2D eigenvalue weighted by Crippen LogP contribution is -2.09. The molecule has 0 radical (unpaired) electrons. The zero-order valence-electron chi connectivity index (χ0n) is 15.1. The Labute approximate surface area is 152 Å². The van der Waals surface area contributed by atoms with Crippen molar-refractivity contribution in [1.82, 2.24) is 9.78 Å². The number of nitrogens with zero attached hydrogens (tertiary/aromatic N) is 3. The quantitative estimate of drug-likeness (QED) is 0.565. The molecule has 0 saturated heterocycles. The Balaban J connectivity index is 1.74. The molecule has 0 aliphatic carbocycles. The summed E-state index contributed by atoms with van der Waals surface area (Å²) in [6.45, 7) is 3.73. The third-order valence-corrected chi connectivity index (χ3v) is 4.22. The number of ketones is 1. The number of aromatic hydroxyl groups is 1. The Kier molecular flexibility index (Phi) is 4.98. The molecule has 3 rings (SSSR count). The highest BCUT2D eigenvalue weighted by Crippen LogP contribution is 2.22. The zero-order chi connectivity index (χ0) is 18.7. The number of hydrogen-bond donors (Lipinski definition) is 1. The van der Waals surface area contributed by atoms with Gasteiger partial charge in [0.2, 0.25) is 5.78 Å². The van der Waals surface area contributed by atoms with E-state index in [-0.39, 0.29) is 12.3 Å². The smallest absolute Gasteiger partial charge is 0.202 e. The Bertz CT molecular complexity index is 949. The minimum absolute atomic E-state index is 0.0483. The largest absolute Gasteiger partial charge is 0.507 e. The lowest BCUT2D eigenvalue weighted by atomic mass is 10.1. The summed E-state index contributed by atoms with van der Waals surface area (Å²) in [7, 11) is 1.76. The summed E-state index contributed by atoms with van der Waals surface area (Å²) < 4.78 is 1.59. The molecule has 3 aromatic rings. The number of rotatable bonds is 5. The first-order chi connectivity index (χ1) is 12.5. The number of aliphatic imine (C=N–C) groups is 1. The average Bonchev–Trinajstić information content (AvgIpc) is 3.02. The molecule has 0 unspecified atom stereocenters. The van der Waals surface area contributed by atoms with Gasteiger partial charge < -0.3 is 5.11 Å². The predicted octanol–water partition coefficient (Wildman–Crippen LogP) is 3.71. The second kappa shape index (κ2) is 7.35. The molecule has 0 saturated carbocycles. The number of phenolic OH excluding ortho intramolecular Hbond substituents is 1. The molecule has 26 heavy (non-hydrogen) atoms. The number of phenols is 1. The average molecular weight is 347 g/mol. The van der Waals surface area contributed by atoms with Gasteiger partial charge in [-0.2, -0.15) is 5.10 Å². The molecular weight excluding hydrogens is 326 g/mol. The molecular formula is C21H21N3O2. The van der Waals surface area contributed by atoms with Crippen molar-refractivity contribution in [3.8, 4) is 17.0 Å². The monoisotopic (exact) mass is 347 g/mol. The van der Waals surface area contributed by atoms with Crippen LogP contribution in [0.15, 0.2) is 53.5 Å². The van der Waals surface area contributed by atoms with Crippen molar-refractivity contribution in [3.63, 3.8) is 0 Å². The molecule has 0 fully saturated rings. The van der Waals surface area contributed by atoms with E-state index < -0.39 is 0 Å². The van der Waals surface area contributed by atoms with Crippen LogP contribution in [0.3, 0.4) is 0 Å². The minimum Gasteiger partial charge on any atom is -0.507 e. The van der Waals surface area contributed by atoms with Gasteiger partial charge in [-0.05, 0) is 48.7 Å². The van der Waals surface area contributed by atoms with E-state index in [1.54, 1.807) is 24.0 Å². The van der Waals surface area contributed by atoms with Gasteiger partial charge in [0.1, 0.15) is 18.0 Å². The van der Waals surface area contributed by atoms with E-state index in [9.17, 15) is 9.90 Å². The van der Waals surface area contributed by atoms with Crippen LogP contribution in [0.4, 0.5) is 0 Å². The Hall–Kier alpha value is -3.21. The van der Waals surface area contributed by atoms with E-state index in [1.807, 2.05) is 56.3 Å². The molecule has 1 N–H and O–H groups in total. The summed E-state index contributed by atoms with van der Waals surface area (Å²) in [4.78, 5) is 16.7. The lowest BCUT2D eigenvalue weighted by molar-refractivity contribution is 0.0993. The molecule has 5 nitrogen and oxygen atoms in total. The van der Waals surface area contributed by atoms with Gasteiger partial charge >= 0.3 is 0 Å². The third-order valence-electron chi connectivity index (χ3n) is 4.22. The van der Waals surface area contributed by atoms with Crippen LogP contribution >= 0.6 is 0 Å². The Morgan fingerprint density at radius 1 is 1.15 bits per heavy atom. The van der Waals surface area contributed by atoms with E-state index in [4.69, 9.17) is 0 Å². The first-order valence-electron chi connectivity index (χ1n) is 8.38. The summed E-state index contributed by atoms with van der Waals surface area (Å²) in [5, 5.41) is 14.2. The van der Waals surface area contributed by atoms with Crippen molar-refractivity contribution < 1.29 is 9.90 Å². The number of hydrogen-bond acceptors (Lipinski definition) is 4. The third kappa shape index (κ3) is 3.72. The molecule has 0 amide bonds. The number of aryl methyl sites for hydroxylation is 3. The Morgan fingerprint density at radius 2 is 1.81 bits per heavy atom. The molecule has 2 aromatic carbocycles. The fourth-order valence-electron chi connectivity index (χ4n) is 2.86. The number of Topliss-reactive ketones (excluding diaryl/α,β-unsaturated/α-hetero) is 1. The molecule has 0 atom stereocenters. The van der Waals surface area contributed by atoms with E-state index in [2.05, 4.69) is 10.1 Å². The van der Waals surface area contributed by atoms with Gasteiger partial charge in [-0.1, -0.05) is 30.3 Å². The topological polar surface area (TPSA) is 67.5 Å². The molecule has 132 valence electrons. The van der Waals surface area contributed by atoms with Crippen LogP contribution < -0.4 is 0 Å². The second-order valence-corrected chi connectivity index (χ2v) is 6.30. The molecule has 0 aliphatic rings. The van der Waals surface area contributed by atoms with Crippen molar-refractivity contribution in [2.45, 2.75) is 13.8 Å². The summed E-state index contributed by atoms with van der Waals surface area (Å²) in [6, 6.07) is 15.2. The molecule has 1 heterocycles. The van der Waals surface area contributed by atoms with Gasteiger partial charge in [0.15, 0.2) is 0 Å². The molecule has 0 bridgehead atoms. The first-order valence-corrected chi connectivity index (χ1v) is 8.38. The maximum absolute atomic E-state index is 12.5. The van der Waals surface area contributed by atoms with Crippen LogP contribution in [0, 0.1) is 13.8 Å². The number of carbonyl (C=O) groups is 1. The van der Waals surface area contributed by atoms with Crippen LogP contribution in [0.1, 0.15) is 27.2 Å². The minimum atomic E-state index is -0.0920. The van der Waals surface area contributed by atoms with Crippen LogP contribution in [-0.2, 0) is 7.05 Å². The van der Waals surface area contributed by atoms with E-state index in [0.717, 1.165) is 27.9 Å². The SMILES string of the molecule is Cc1cc(C=NCC(=O)c2cc(-c3ccccc3)nn2C)cc(C)c1O. The van der Waals surface area contributed by atoms with Crippen LogP contribution in [0.2, 0.25) is 0 Å². The summed E-state index contributed by atoms with van der Waals surface area (Å²) in [6.07, 6.45) is 1.66. The van der Waals surface area contributed by atoms with Gasteiger partial charge in [0.25, 0.3) is 0 Å². The van der Waals surface area contributed by atoms with Gasteiger partial charge in [0.05, 0.1) is 5.69 Å². The lowest BCUT2D eigenvalue weighted by Gasteiger charge is -2.04. The summed E-state index contributed by atoms with van der Waals surface area (Å²) in [5.41, 5.74) is 4.71. The number of aromatic nitrogens is 2. The van der Waals surface area contributed by atoms with Crippen LogP contribution in [0.5, 0.6) is 5.75 Å². The first kappa shape index (κ1) is 17.6. The molecule has 0 aliphatic heterocycles. The van der Waals surface area contributed by atoms with Crippen molar-refractivity contribution in [3.05, 3.63) is 70.9 Å². The van der Waals surface area contributed by atoms with Gasteiger partial charge in [-0.3, -0.25) is 14.5 Å². The second-order valence-electron chi connectivity index (χ2n) is 6.30. The van der Waals surface area contributed by atoms with Crippen LogP contribution in [0.25, 0.3) is 11.3 Å². The van der Waals surface area contributed by atoms with Gasteiger partial charge in [-0.15, -0.1) is 0 Å². The maximum atomic E-state index is 12.5. The van der Waals surface area contributed by atoms with Crippen LogP contribution in [-0.4, -0.2) is 33.4 Å². The Morgan fingerprint density at radius 3 is 2.46 bits per heavy atom. The van der Waals surface area contributed by atoms with E-state index >= 15 is 0 Å². The highest BCUT2D eigenvalue weighted by Gasteiger charge is 2.13. The standard InChI is InChI=1S/C21H21N3O2/c1-14-9-16(10-15(2)21(14)26)12-22-13-20(25)19-11-18(23-24(19)3)17-7-5-4-6-8-17/h4-12,26H,13H2,1-3H3. The maximum Gasteiger partial charge on any atom is 0.202 e. The molecule has 0 spiro atoms. The highest BCUT2D eigenvalue weighted by atomic mass is 16.3. The fourth-order valence-corrected chi connectivity index (χ4v) is 2.86. The number of benzene rings is 2. The summed E-state index contributed by atoms with van der Waals surface area (Å²) in [5.74, 6) is 0.201. The van der Waals surface area contributed by atoms with Crippen molar-refractivity contribution >= 4 is 12.0 Å². The van der Waals surface area contributed by atoms with E-state index in [0.29, 0.717) is 11.4 Å². The predicted molar refractivity (Wildman–Crippen MR) is 103 cm³/mol. The normalized spacial score (nSPS) is 11.2. The zero-order valence-corrected chi connectivity index (χ0v) is 15.1. The molecule has 1 aromatic heterocycles. The van der Waals surface area contributed by atoms with Crippen molar-refractivity contribution in [2.75, 3.05) is 6.54 Å². The number of carbonyl (C=O) groups excluding carboxylic acids is 1. The van der Waals surface area contributed by atoms with Gasteiger partial charge in [-0.25, -0.2) is 0 Å². The van der Waals surface area contributed by atoms with Crippen molar-refractivity contribution in [2.24, 2.45) is 12.0 Å². The summed E-state index contributed by atoms with van der Waals surface area (Å²) >= 11 is 0. The van der Waals surface area contributed by atoms with Gasteiger partial charge in [0, 0.05) is 18.8 Å². The fraction of sp³-hybridized carbons (Fsp3) is 0.190. The van der Waals surface area contributed by atoms with Crippen molar-refractivity contribution in [1.29, 1.82) is 0 Å². The molecule has 5 heteroatoms. The van der Waals surface area contributed by atoms with E-state index in [1.165, 1.54) is 0 Å².